The first-order valence-corrected chi connectivity index (χ1v) is 7.76. The summed E-state index contributed by atoms with van der Waals surface area (Å²) in [6.07, 6.45) is 1.36. The van der Waals surface area contributed by atoms with Crippen LogP contribution in [0.3, 0.4) is 0 Å². The third-order valence-corrected chi connectivity index (χ3v) is 3.73. The zero-order chi connectivity index (χ0) is 16.1. The van der Waals surface area contributed by atoms with Crippen LogP contribution in [0.1, 0.15) is 24.6 Å². The molecule has 116 valence electrons. The van der Waals surface area contributed by atoms with Gasteiger partial charge in [0.15, 0.2) is 0 Å². The van der Waals surface area contributed by atoms with E-state index in [0.717, 1.165) is 34.3 Å². The quantitative estimate of drug-likeness (QED) is 0.680. The van der Waals surface area contributed by atoms with Crippen molar-refractivity contribution in [3.63, 3.8) is 0 Å². The summed E-state index contributed by atoms with van der Waals surface area (Å²) in [4.78, 5) is 15.6. The number of carbonyl (C=O) groups is 1. The molecule has 0 amide bonds. The first kappa shape index (κ1) is 15.2. The van der Waals surface area contributed by atoms with E-state index >= 15 is 0 Å². The minimum absolute atomic E-state index is 0.215. The lowest BCUT2D eigenvalue weighted by Crippen LogP contribution is -1.99. The average Bonchev–Trinajstić information content (AvgIpc) is 2.59. The van der Waals surface area contributed by atoms with E-state index in [1.54, 1.807) is 6.92 Å². The van der Waals surface area contributed by atoms with E-state index in [0.29, 0.717) is 13.0 Å². The number of rotatable bonds is 6. The Labute approximate surface area is 135 Å². The molecule has 1 aromatic heterocycles. The lowest BCUT2D eigenvalue weighted by Gasteiger charge is -2.07. The number of pyridine rings is 1. The molecular formula is C20H19NO2. The van der Waals surface area contributed by atoms with Gasteiger partial charge in [0.05, 0.1) is 11.2 Å². The molecule has 0 fully saturated rings. The Kier molecular flexibility index (Phi) is 4.67. The number of ether oxygens (including phenoxy) is 1. The van der Waals surface area contributed by atoms with Crippen molar-refractivity contribution < 1.29 is 9.53 Å². The molecule has 0 saturated carbocycles. The number of hydrogen-bond donors (Lipinski definition) is 0. The summed E-state index contributed by atoms with van der Waals surface area (Å²) < 4.78 is 5.79. The number of para-hydroxylation sites is 1. The first-order chi connectivity index (χ1) is 11.2. The van der Waals surface area contributed by atoms with Crippen molar-refractivity contribution in [3.05, 3.63) is 71.9 Å². The largest absolute Gasteiger partial charge is 0.487 e. The van der Waals surface area contributed by atoms with Crippen LogP contribution in [0.2, 0.25) is 0 Å². The van der Waals surface area contributed by atoms with Crippen molar-refractivity contribution in [1.29, 1.82) is 0 Å². The number of benzene rings is 2. The number of fused-ring (bicyclic) bond motifs is 1. The Hall–Kier alpha value is -2.68. The van der Waals surface area contributed by atoms with E-state index in [1.807, 2.05) is 54.6 Å². The third-order valence-electron chi connectivity index (χ3n) is 3.73. The van der Waals surface area contributed by atoms with Gasteiger partial charge in [-0.3, -0.25) is 0 Å². The predicted octanol–water partition coefficient (Wildman–Crippen LogP) is 4.34. The van der Waals surface area contributed by atoms with E-state index in [4.69, 9.17) is 4.74 Å². The number of aryl methyl sites for hydroxylation is 1. The molecule has 0 radical (unpaired) electrons. The molecule has 0 bridgehead atoms. The van der Waals surface area contributed by atoms with Crippen molar-refractivity contribution >= 4 is 16.7 Å². The molecule has 3 aromatic rings. The van der Waals surface area contributed by atoms with Crippen LogP contribution in [0, 0.1) is 0 Å². The highest BCUT2D eigenvalue weighted by molar-refractivity contribution is 5.78. The lowest BCUT2D eigenvalue weighted by molar-refractivity contribution is -0.116. The summed E-state index contributed by atoms with van der Waals surface area (Å²) in [5, 5.41) is 1.13. The molecule has 3 rings (SSSR count). The maximum absolute atomic E-state index is 11.0. The fourth-order valence-electron chi connectivity index (χ4n) is 2.42. The van der Waals surface area contributed by atoms with Crippen LogP contribution in [-0.4, -0.2) is 10.8 Å². The van der Waals surface area contributed by atoms with E-state index in [1.165, 1.54) is 0 Å². The number of nitrogens with zero attached hydrogens (tertiary/aromatic N) is 1. The highest BCUT2D eigenvalue weighted by Crippen LogP contribution is 2.16. The van der Waals surface area contributed by atoms with Crippen molar-refractivity contribution in [2.24, 2.45) is 0 Å². The van der Waals surface area contributed by atoms with Crippen LogP contribution >= 0.6 is 0 Å². The van der Waals surface area contributed by atoms with E-state index < -0.39 is 0 Å². The molecule has 3 nitrogen and oxygen atoms in total. The fraction of sp³-hybridized carbons (Fsp3) is 0.200. The zero-order valence-corrected chi connectivity index (χ0v) is 13.2. The van der Waals surface area contributed by atoms with Gasteiger partial charge in [0.25, 0.3) is 0 Å². The molecule has 2 aromatic carbocycles. The zero-order valence-electron chi connectivity index (χ0n) is 13.2. The molecule has 0 saturated heterocycles. The summed E-state index contributed by atoms with van der Waals surface area (Å²) in [5.41, 5.74) is 3.04. The maximum atomic E-state index is 11.0. The normalized spacial score (nSPS) is 10.7. The van der Waals surface area contributed by atoms with Crippen molar-refractivity contribution in [1.82, 2.24) is 4.98 Å². The van der Waals surface area contributed by atoms with E-state index in [9.17, 15) is 4.79 Å². The molecule has 0 unspecified atom stereocenters. The summed E-state index contributed by atoms with van der Waals surface area (Å²) in [6.45, 7) is 2.06. The van der Waals surface area contributed by atoms with Gasteiger partial charge in [0.2, 0.25) is 0 Å². The lowest BCUT2D eigenvalue weighted by atomic mass is 10.1. The molecule has 23 heavy (non-hydrogen) atoms. The molecule has 0 N–H and O–H groups in total. The first-order valence-electron chi connectivity index (χ1n) is 7.76. The molecule has 3 heteroatoms. The highest BCUT2D eigenvalue weighted by Gasteiger charge is 2.01. The van der Waals surface area contributed by atoms with Crippen molar-refractivity contribution in [3.8, 4) is 5.75 Å². The van der Waals surface area contributed by atoms with E-state index in [-0.39, 0.29) is 5.78 Å². The molecule has 0 spiro atoms. The maximum Gasteiger partial charge on any atom is 0.130 e. The fourth-order valence-corrected chi connectivity index (χ4v) is 2.42. The highest BCUT2D eigenvalue weighted by atomic mass is 16.5. The SMILES string of the molecule is CC(=O)CCc1ccc(OCc2ccc3ccccc3n2)cc1. The second-order valence-corrected chi connectivity index (χ2v) is 5.63. The summed E-state index contributed by atoms with van der Waals surface area (Å²) in [7, 11) is 0. The Balaban J connectivity index is 1.61. The number of aromatic nitrogens is 1. The molecule has 0 atom stereocenters. The Morgan fingerprint density at radius 1 is 1.00 bits per heavy atom. The minimum atomic E-state index is 0.215. The van der Waals surface area contributed by atoms with E-state index in [2.05, 4.69) is 11.1 Å². The number of ketones is 1. The van der Waals surface area contributed by atoms with Gasteiger partial charge in [-0.2, -0.15) is 0 Å². The predicted molar refractivity (Wildman–Crippen MR) is 91.5 cm³/mol. The van der Waals surface area contributed by atoms with Gasteiger partial charge in [0, 0.05) is 11.8 Å². The second kappa shape index (κ2) is 7.05. The van der Waals surface area contributed by atoms with Gasteiger partial charge in [-0.1, -0.05) is 36.4 Å². The second-order valence-electron chi connectivity index (χ2n) is 5.63. The Morgan fingerprint density at radius 3 is 2.57 bits per heavy atom. The van der Waals surface area contributed by atoms with Crippen LogP contribution in [0.4, 0.5) is 0 Å². The van der Waals surface area contributed by atoms with Crippen LogP contribution in [0.5, 0.6) is 5.75 Å². The van der Waals surface area contributed by atoms with Crippen molar-refractivity contribution in [2.75, 3.05) is 0 Å². The molecule has 0 aliphatic rings. The molecule has 0 aliphatic heterocycles. The molecule has 1 heterocycles. The number of hydrogen-bond acceptors (Lipinski definition) is 3. The van der Waals surface area contributed by atoms with Gasteiger partial charge >= 0.3 is 0 Å². The van der Waals surface area contributed by atoms with Crippen LogP contribution in [-0.2, 0) is 17.8 Å². The average molecular weight is 305 g/mol. The minimum Gasteiger partial charge on any atom is -0.487 e. The molecule has 0 aliphatic carbocycles. The monoisotopic (exact) mass is 305 g/mol. The smallest absolute Gasteiger partial charge is 0.130 e. The van der Waals surface area contributed by atoms with Crippen LogP contribution in [0.25, 0.3) is 10.9 Å². The van der Waals surface area contributed by atoms with Gasteiger partial charge in [-0.15, -0.1) is 0 Å². The van der Waals surface area contributed by atoms with Crippen LogP contribution in [0.15, 0.2) is 60.7 Å². The summed E-state index contributed by atoms with van der Waals surface area (Å²) >= 11 is 0. The van der Waals surface area contributed by atoms with Crippen LogP contribution < -0.4 is 4.74 Å². The number of Topliss-reactive ketones (excluding diaryl/α,β-unsaturated/α-hetero) is 1. The van der Waals surface area contributed by atoms with Crippen molar-refractivity contribution in [2.45, 2.75) is 26.4 Å². The van der Waals surface area contributed by atoms with Gasteiger partial charge in [0.1, 0.15) is 18.1 Å². The topological polar surface area (TPSA) is 39.2 Å². The van der Waals surface area contributed by atoms with Gasteiger partial charge < -0.3 is 9.53 Å². The third kappa shape index (κ3) is 4.16. The summed E-state index contributed by atoms with van der Waals surface area (Å²) in [5.74, 6) is 1.03. The van der Waals surface area contributed by atoms with Gasteiger partial charge in [-0.25, -0.2) is 4.98 Å². The van der Waals surface area contributed by atoms with Gasteiger partial charge in [-0.05, 0) is 43.2 Å². The Morgan fingerprint density at radius 2 is 1.78 bits per heavy atom. The Bertz CT molecular complexity index is 809. The number of carbonyl (C=O) groups excluding carboxylic acids is 1. The molecular weight excluding hydrogens is 286 g/mol. The summed E-state index contributed by atoms with van der Waals surface area (Å²) in [6, 6.07) is 20.0. The standard InChI is InChI=1S/C20H19NO2/c1-15(22)6-7-16-8-12-19(13-9-16)23-14-18-11-10-17-4-2-3-5-20(17)21-18/h2-5,8-13H,6-7,14H2,1H3.